The Bertz CT molecular complexity index is 774. The topological polar surface area (TPSA) is 48.0 Å². The van der Waals surface area contributed by atoms with Gasteiger partial charge < -0.3 is 19.1 Å². The number of nitrogens with zero attached hydrogens (tertiary/aromatic N) is 1. The molecule has 0 aromatic heterocycles. The molecule has 2 aliphatic heterocycles. The number of methoxy groups -OCH3 is 1. The third-order valence-electron chi connectivity index (χ3n) is 4.61. The van der Waals surface area contributed by atoms with Gasteiger partial charge in [0, 0.05) is 12.1 Å². The Labute approximate surface area is 140 Å². The molecule has 5 heteroatoms. The Morgan fingerprint density at radius 2 is 2.04 bits per heavy atom. The molecule has 2 aromatic rings. The molecule has 2 aliphatic rings. The molecule has 0 spiro atoms. The highest BCUT2D eigenvalue weighted by Crippen LogP contribution is 2.37. The highest BCUT2D eigenvalue weighted by molar-refractivity contribution is 5.95. The first-order valence-corrected chi connectivity index (χ1v) is 8.11. The Morgan fingerprint density at radius 3 is 2.92 bits per heavy atom. The molecule has 2 heterocycles. The molecule has 2 aromatic carbocycles. The number of amides is 1. The van der Waals surface area contributed by atoms with Gasteiger partial charge in [0.15, 0.2) is 11.5 Å². The summed E-state index contributed by atoms with van der Waals surface area (Å²) >= 11 is 0. The maximum Gasteiger partial charge on any atom is 0.254 e. The van der Waals surface area contributed by atoms with Gasteiger partial charge in [0.05, 0.1) is 13.2 Å². The molecule has 5 nitrogen and oxygen atoms in total. The zero-order chi connectivity index (χ0) is 16.5. The van der Waals surface area contributed by atoms with E-state index >= 15 is 0 Å². The van der Waals surface area contributed by atoms with Gasteiger partial charge in [0.25, 0.3) is 5.91 Å². The maximum absolute atomic E-state index is 13.0. The number of benzene rings is 2. The standard InChI is InChI=1S/C19H19NO4/c1-22-15-5-2-4-13(10-15)16-6-3-9-20(16)19(21)14-7-8-17-18(11-14)24-12-23-17/h2,4-5,7-8,10-11,16H,3,6,9,12H2,1H3/t16-/m1/s1. The van der Waals surface area contributed by atoms with Gasteiger partial charge in [-0.05, 0) is 48.7 Å². The summed E-state index contributed by atoms with van der Waals surface area (Å²) in [7, 11) is 1.66. The van der Waals surface area contributed by atoms with Crippen molar-refractivity contribution in [3.63, 3.8) is 0 Å². The molecule has 1 saturated heterocycles. The molecule has 124 valence electrons. The lowest BCUT2D eigenvalue weighted by atomic mass is 10.0. The van der Waals surface area contributed by atoms with Crippen molar-refractivity contribution in [2.24, 2.45) is 0 Å². The molecule has 1 atom stereocenters. The minimum Gasteiger partial charge on any atom is -0.497 e. The van der Waals surface area contributed by atoms with Crippen LogP contribution < -0.4 is 14.2 Å². The second-order valence-electron chi connectivity index (χ2n) is 6.00. The van der Waals surface area contributed by atoms with Gasteiger partial charge in [-0.25, -0.2) is 0 Å². The van der Waals surface area contributed by atoms with Crippen molar-refractivity contribution < 1.29 is 19.0 Å². The summed E-state index contributed by atoms with van der Waals surface area (Å²) in [5.41, 5.74) is 1.75. The smallest absolute Gasteiger partial charge is 0.254 e. The Morgan fingerprint density at radius 1 is 1.17 bits per heavy atom. The van der Waals surface area contributed by atoms with Crippen LogP contribution in [0.2, 0.25) is 0 Å². The maximum atomic E-state index is 13.0. The molecule has 0 radical (unpaired) electrons. The van der Waals surface area contributed by atoms with Crippen molar-refractivity contribution in [3.8, 4) is 17.2 Å². The summed E-state index contributed by atoms with van der Waals surface area (Å²) in [6.45, 7) is 0.971. The molecule has 1 fully saturated rings. The zero-order valence-electron chi connectivity index (χ0n) is 13.5. The van der Waals surface area contributed by atoms with Crippen molar-refractivity contribution in [2.45, 2.75) is 18.9 Å². The fraction of sp³-hybridized carbons (Fsp3) is 0.316. The van der Waals surface area contributed by atoms with Crippen LogP contribution in [-0.4, -0.2) is 31.3 Å². The molecular formula is C19H19NO4. The van der Waals surface area contributed by atoms with Crippen molar-refractivity contribution >= 4 is 5.91 Å². The number of ether oxygens (including phenoxy) is 3. The fourth-order valence-electron chi connectivity index (χ4n) is 3.40. The van der Waals surface area contributed by atoms with Crippen molar-refractivity contribution in [1.29, 1.82) is 0 Å². The van der Waals surface area contributed by atoms with Crippen LogP contribution in [0.1, 0.15) is 34.8 Å². The van der Waals surface area contributed by atoms with E-state index in [2.05, 4.69) is 6.07 Å². The molecule has 24 heavy (non-hydrogen) atoms. The summed E-state index contributed by atoms with van der Waals surface area (Å²) in [6, 6.07) is 13.4. The Kier molecular flexibility index (Phi) is 3.76. The number of carbonyl (C=O) groups excluding carboxylic acids is 1. The number of hydrogen-bond acceptors (Lipinski definition) is 4. The normalized spacial score (nSPS) is 18.7. The minimum absolute atomic E-state index is 0.0265. The third-order valence-corrected chi connectivity index (χ3v) is 4.61. The SMILES string of the molecule is COc1cccc([C@H]2CCCN2C(=O)c2ccc3c(c2)OCO3)c1. The van der Waals surface area contributed by atoms with E-state index in [0.29, 0.717) is 17.1 Å². The van der Waals surface area contributed by atoms with Crippen molar-refractivity contribution in [2.75, 3.05) is 20.4 Å². The lowest BCUT2D eigenvalue weighted by Crippen LogP contribution is -2.30. The van der Waals surface area contributed by atoms with Gasteiger partial charge in [0.2, 0.25) is 6.79 Å². The predicted molar refractivity (Wildman–Crippen MR) is 88.6 cm³/mol. The first-order valence-electron chi connectivity index (χ1n) is 8.11. The second kappa shape index (κ2) is 6.07. The molecule has 0 N–H and O–H groups in total. The van der Waals surface area contributed by atoms with Crippen LogP contribution >= 0.6 is 0 Å². The van der Waals surface area contributed by atoms with E-state index in [-0.39, 0.29) is 18.7 Å². The molecule has 0 saturated carbocycles. The van der Waals surface area contributed by atoms with E-state index in [4.69, 9.17) is 14.2 Å². The minimum atomic E-state index is 0.0265. The van der Waals surface area contributed by atoms with Gasteiger partial charge in [-0.15, -0.1) is 0 Å². The average molecular weight is 325 g/mol. The quantitative estimate of drug-likeness (QED) is 0.868. The fourth-order valence-corrected chi connectivity index (χ4v) is 3.40. The second-order valence-corrected chi connectivity index (χ2v) is 6.00. The van der Waals surface area contributed by atoms with E-state index in [1.807, 2.05) is 23.1 Å². The molecule has 0 bridgehead atoms. The van der Waals surface area contributed by atoms with E-state index in [9.17, 15) is 4.79 Å². The monoisotopic (exact) mass is 325 g/mol. The van der Waals surface area contributed by atoms with E-state index in [0.717, 1.165) is 30.7 Å². The highest BCUT2D eigenvalue weighted by atomic mass is 16.7. The lowest BCUT2D eigenvalue weighted by molar-refractivity contribution is 0.0735. The first kappa shape index (κ1) is 14.9. The van der Waals surface area contributed by atoms with Crippen LogP contribution in [0.5, 0.6) is 17.2 Å². The van der Waals surface area contributed by atoms with Gasteiger partial charge in [-0.1, -0.05) is 12.1 Å². The molecule has 4 rings (SSSR count). The Balaban J connectivity index is 1.61. The van der Waals surface area contributed by atoms with E-state index in [1.165, 1.54) is 0 Å². The van der Waals surface area contributed by atoms with Crippen LogP contribution in [0.25, 0.3) is 0 Å². The van der Waals surface area contributed by atoms with E-state index in [1.54, 1.807) is 25.3 Å². The zero-order valence-corrected chi connectivity index (χ0v) is 13.5. The van der Waals surface area contributed by atoms with Crippen LogP contribution in [0.3, 0.4) is 0 Å². The third kappa shape index (κ3) is 2.56. The number of fused-ring (bicyclic) bond motifs is 1. The first-order chi connectivity index (χ1) is 11.8. The van der Waals surface area contributed by atoms with Crippen molar-refractivity contribution in [3.05, 3.63) is 53.6 Å². The number of hydrogen-bond donors (Lipinski definition) is 0. The predicted octanol–water partition coefficient (Wildman–Crippen LogP) is 3.40. The van der Waals surface area contributed by atoms with E-state index < -0.39 is 0 Å². The largest absolute Gasteiger partial charge is 0.497 e. The molecule has 0 unspecified atom stereocenters. The van der Waals surface area contributed by atoms with Crippen LogP contribution in [0.15, 0.2) is 42.5 Å². The summed E-state index contributed by atoms with van der Waals surface area (Å²) < 4.78 is 16.0. The van der Waals surface area contributed by atoms with Crippen molar-refractivity contribution in [1.82, 2.24) is 4.90 Å². The summed E-state index contributed by atoms with van der Waals surface area (Å²) in [5, 5.41) is 0. The summed E-state index contributed by atoms with van der Waals surface area (Å²) in [6.07, 6.45) is 1.96. The van der Waals surface area contributed by atoms with Crippen LogP contribution in [0, 0.1) is 0 Å². The van der Waals surface area contributed by atoms with Gasteiger partial charge >= 0.3 is 0 Å². The van der Waals surface area contributed by atoms with Crippen LogP contribution in [0.4, 0.5) is 0 Å². The molecule has 1 amide bonds. The molecular weight excluding hydrogens is 306 g/mol. The van der Waals surface area contributed by atoms with Gasteiger partial charge in [-0.2, -0.15) is 0 Å². The average Bonchev–Trinajstić information content (AvgIpc) is 3.29. The highest BCUT2D eigenvalue weighted by Gasteiger charge is 2.31. The summed E-state index contributed by atoms with van der Waals surface area (Å²) in [5.74, 6) is 2.17. The van der Waals surface area contributed by atoms with Gasteiger partial charge in [-0.3, -0.25) is 4.79 Å². The lowest BCUT2D eigenvalue weighted by Gasteiger charge is -2.25. The number of rotatable bonds is 3. The molecule has 0 aliphatic carbocycles. The summed E-state index contributed by atoms with van der Waals surface area (Å²) in [4.78, 5) is 14.9. The number of carbonyl (C=O) groups is 1. The Hall–Kier alpha value is -2.69. The number of likely N-dealkylation sites (tertiary alicyclic amines) is 1. The van der Waals surface area contributed by atoms with Crippen LogP contribution in [-0.2, 0) is 0 Å². The van der Waals surface area contributed by atoms with Gasteiger partial charge in [0.1, 0.15) is 5.75 Å².